The Morgan fingerprint density at radius 3 is 0.818 bits per heavy atom. The third kappa shape index (κ3) is 64.0. The van der Waals surface area contributed by atoms with Crippen molar-refractivity contribution in [2.75, 3.05) is 39.6 Å². The zero-order valence-electron chi connectivity index (χ0n) is 91.6. The van der Waals surface area contributed by atoms with Crippen LogP contribution in [0.5, 0.6) is 5.75 Å². The van der Waals surface area contributed by atoms with Gasteiger partial charge >= 0.3 is 23.9 Å². The predicted molar refractivity (Wildman–Crippen MR) is 613 cm³/mol. The van der Waals surface area contributed by atoms with Crippen LogP contribution in [0, 0.1) is 6.92 Å². The van der Waals surface area contributed by atoms with E-state index in [2.05, 4.69) is 225 Å². The number of unbranched alkanes of at least 4 members (excludes halogenated alkanes) is 47. The van der Waals surface area contributed by atoms with Gasteiger partial charge in [0.1, 0.15) is 5.75 Å². The molecular formula is C133H202O10. The first-order valence-electron chi connectivity index (χ1n) is 58.3. The van der Waals surface area contributed by atoms with E-state index in [-0.39, 0.29) is 25.3 Å². The highest BCUT2D eigenvalue weighted by Crippen LogP contribution is 2.36. The minimum Gasteiger partial charge on any atom is -0.494 e. The SMILES string of the molecule is C=C(C)C(=O)OCCCCCCCCCOc1ccc(-c2ccc(CCCCCCCCCCCC)cc2)cc1.C=CC(=O)OCCCCCCCCCc1ccc(-c2ccc(CCCCCCC)c(C)c2)cc1.C=CC(=O)OCCCCCCCCCc1ccc(-c2ccc(CCCCCCCC)cc2)cc1.C=CC(=O)OCCCCCCCCCc1ccc(C2CCC(OCCCCCCCC)CC2)cc1.[HH]. The lowest BCUT2D eigenvalue weighted by atomic mass is 9.82. The van der Waals surface area contributed by atoms with Crippen molar-refractivity contribution in [2.24, 2.45) is 0 Å². The van der Waals surface area contributed by atoms with Crippen molar-refractivity contribution in [1.29, 1.82) is 0 Å². The molecule has 0 amide bonds. The van der Waals surface area contributed by atoms with Crippen molar-refractivity contribution in [3.8, 4) is 39.1 Å². The van der Waals surface area contributed by atoms with Gasteiger partial charge in [-0.25, -0.2) is 19.2 Å². The number of benzene rings is 7. The topological polar surface area (TPSA) is 124 Å². The summed E-state index contributed by atoms with van der Waals surface area (Å²) in [5, 5.41) is 0. The second-order valence-corrected chi connectivity index (χ2v) is 41.0. The van der Waals surface area contributed by atoms with Crippen LogP contribution in [0.15, 0.2) is 214 Å². The lowest BCUT2D eigenvalue weighted by Crippen LogP contribution is -2.21. The zero-order chi connectivity index (χ0) is 102. The molecule has 0 unspecified atom stereocenters. The highest BCUT2D eigenvalue weighted by atomic mass is 16.5. The van der Waals surface area contributed by atoms with Crippen molar-refractivity contribution >= 4 is 23.9 Å². The summed E-state index contributed by atoms with van der Waals surface area (Å²) in [5.74, 6) is 0.450. The number of esters is 4. The summed E-state index contributed by atoms with van der Waals surface area (Å²) in [6, 6.07) is 61.6. The van der Waals surface area contributed by atoms with Gasteiger partial charge in [-0.05, 0) is 251 Å². The second-order valence-electron chi connectivity index (χ2n) is 41.0. The minimum absolute atomic E-state index is 0. The molecule has 0 radical (unpaired) electrons. The van der Waals surface area contributed by atoms with E-state index in [1.165, 1.54) is 443 Å². The van der Waals surface area contributed by atoms with Crippen LogP contribution in [0.1, 0.15) is 465 Å². The van der Waals surface area contributed by atoms with Crippen LogP contribution in [0.2, 0.25) is 0 Å². The third-order valence-corrected chi connectivity index (χ3v) is 28.4. The molecule has 0 heterocycles. The van der Waals surface area contributed by atoms with Gasteiger partial charge < -0.3 is 28.4 Å². The average Bonchev–Trinajstić information content (AvgIpc) is 0.831. The number of carbonyl (C=O) groups excluding carboxylic acids is 4. The van der Waals surface area contributed by atoms with Crippen LogP contribution < -0.4 is 4.74 Å². The van der Waals surface area contributed by atoms with Crippen LogP contribution in [-0.2, 0) is 81.4 Å². The highest BCUT2D eigenvalue weighted by molar-refractivity contribution is 5.87. The van der Waals surface area contributed by atoms with Gasteiger partial charge in [-0.1, -0.05) is 482 Å². The number of rotatable bonds is 81. The Balaban J connectivity index is 0.000000400. The molecule has 0 spiro atoms. The Hall–Kier alpha value is -8.86. The van der Waals surface area contributed by atoms with Crippen molar-refractivity contribution in [3.05, 3.63) is 258 Å². The molecule has 1 aliphatic carbocycles. The van der Waals surface area contributed by atoms with Gasteiger partial charge in [0, 0.05) is 31.8 Å². The molecule has 7 aromatic carbocycles. The van der Waals surface area contributed by atoms with E-state index < -0.39 is 0 Å². The first kappa shape index (κ1) is 125. The molecule has 1 aliphatic rings. The summed E-state index contributed by atoms with van der Waals surface area (Å²) in [4.78, 5) is 44.2. The molecule has 0 aliphatic heterocycles. The Morgan fingerprint density at radius 1 is 0.280 bits per heavy atom. The van der Waals surface area contributed by atoms with Crippen molar-refractivity contribution in [1.82, 2.24) is 0 Å². The number of hydrogen-bond donors (Lipinski definition) is 0. The first-order valence-corrected chi connectivity index (χ1v) is 58.3. The van der Waals surface area contributed by atoms with E-state index in [9.17, 15) is 19.2 Å². The van der Waals surface area contributed by atoms with Crippen LogP contribution in [0.25, 0.3) is 33.4 Å². The molecule has 8 rings (SSSR count). The van der Waals surface area contributed by atoms with E-state index in [0.717, 1.165) is 95.5 Å². The maximum Gasteiger partial charge on any atom is 0.333 e. The lowest BCUT2D eigenvalue weighted by Gasteiger charge is -2.29. The van der Waals surface area contributed by atoms with Gasteiger partial charge in [-0.15, -0.1) is 0 Å². The average molecular weight is 1960 g/mol. The standard InChI is InChI=1S/C37H56O3.C32H52O3.2C32H46O2.H2/c1-4-5-6-7-8-9-10-12-15-18-21-33-22-24-34(25-23-33)35-26-28-36(29-27-35)39-30-19-16-13-11-14-17-20-31-40-37(38)32(2)3;1-3-5-6-7-12-15-26-34-31-24-22-30(23-25-31)29-20-18-28(19-21-29)17-14-11-9-8-10-13-16-27-35-32(33)4-2;1-4-6-7-11-15-18-29-23-24-31(26-27(29)3)30-21-19-28(20-22-30)17-14-12-9-8-10-13-16-25-34-32(33)5-2;1-3-5-6-7-11-14-17-28-19-23-30(24-20-28)31-25-21-29(22-26-31)18-15-12-9-8-10-13-16-27-34-32(33)4-2;/h22-29H,2,4-21,30-31H2,1,3H3;4,18-21,30-31H,2-3,5-17,22-27H2,1H3;5,19-24,26H,2,4,6-18,25H2,1,3H3;4,19-26H,2-3,5-18,27H2,1H3;1H. The minimum atomic E-state index is -0.315. The molecule has 10 nitrogen and oxygen atoms in total. The van der Waals surface area contributed by atoms with Crippen molar-refractivity contribution in [3.63, 3.8) is 0 Å². The van der Waals surface area contributed by atoms with Crippen molar-refractivity contribution < 1.29 is 49.0 Å². The third-order valence-electron chi connectivity index (χ3n) is 28.4. The molecule has 10 heteroatoms. The van der Waals surface area contributed by atoms with Crippen molar-refractivity contribution in [2.45, 2.75) is 471 Å². The number of ether oxygens (including phenoxy) is 6. The molecule has 0 atom stereocenters. The van der Waals surface area contributed by atoms with Gasteiger partial charge in [0.2, 0.25) is 0 Å². The molecule has 0 saturated heterocycles. The van der Waals surface area contributed by atoms with E-state index in [0.29, 0.717) is 38.1 Å². The smallest absolute Gasteiger partial charge is 0.333 e. The largest absolute Gasteiger partial charge is 0.494 e. The summed E-state index contributed by atoms with van der Waals surface area (Å²) >= 11 is 0. The molecule has 7 aromatic rings. The van der Waals surface area contributed by atoms with Gasteiger partial charge in [0.25, 0.3) is 0 Å². The van der Waals surface area contributed by atoms with Gasteiger partial charge in [0.05, 0.1) is 39.1 Å². The van der Waals surface area contributed by atoms with Crippen LogP contribution in [0.3, 0.4) is 0 Å². The van der Waals surface area contributed by atoms with E-state index >= 15 is 0 Å². The summed E-state index contributed by atoms with van der Waals surface area (Å²) in [6.45, 7) is 30.6. The molecule has 0 bridgehead atoms. The lowest BCUT2D eigenvalue weighted by molar-refractivity contribution is -0.139. The second kappa shape index (κ2) is 86.3. The Morgan fingerprint density at radius 2 is 0.524 bits per heavy atom. The summed E-state index contributed by atoms with van der Waals surface area (Å²) in [7, 11) is 0. The fraction of sp³-hybridized carbons (Fsp3) is 0.594. The van der Waals surface area contributed by atoms with Gasteiger partial charge in [-0.3, -0.25) is 0 Å². The fourth-order valence-electron chi connectivity index (χ4n) is 19.1. The molecule has 143 heavy (non-hydrogen) atoms. The van der Waals surface area contributed by atoms with E-state index in [1.807, 2.05) is 0 Å². The number of carbonyl (C=O) groups is 4. The summed E-state index contributed by atoms with van der Waals surface area (Å²) in [5.41, 5.74) is 20.0. The highest BCUT2D eigenvalue weighted by Gasteiger charge is 2.23. The monoisotopic (exact) mass is 1960 g/mol. The van der Waals surface area contributed by atoms with Crippen LogP contribution in [-0.4, -0.2) is 69.6 Å². The molecular weight excluding hydrogens is 1760 g/mol. The Bertz CT molecular complexity index is 4310. The molecule has 0 aromatic heterocycles. The van der Waals surface area contributed by atoms with E-state index in [4.69, 9.17) is 28.4 Å². The number of hydrogen-bond acceptors (Lipinski definition) is 10. The van der Waals surface area contributed by atoms with Crippen LogP contribution >= 0.6 is 0 Å². The van der Waals surface area contributed by atoms with Gasteiger partial charge in [0.15, 0.2) is 0 Å². The molecule has 0 N–H and O–H groups in total. The fourth-order valence-corrected chi connectivity index (χ4v) is 19.1. The maximum atomic E-state index is 11.3. The zero-order valence-corrected chi connectivity index (χ0v) is 91.6. The number of aryl methyl sites for hydroxylation is 7. The quantitative estimate of drug-likeness (QED) is 0.0158. The van der Waals surface area contributed by atoms with Gasteiger partial charge in [-0.2, -0.15) is 0 Å². The Kier molecular flexibility index (Phi) is 75.2. The first-order chi connectivity index (χ1) is 70.2. The summed E-state index contributed by atoms with van der Waals surface area (Å²) in [6.07, 6.45) is 86.3. The molecule has 1 fully saturated rings. The van der Waals surface area contributed by atoms with Crippen LogP contribution in [0.4, 0.5) is 0 Å². The summed E-state index contributed by atoms with van der Waals surface area (Å²) < 4.78 is 32.3. The normalized spacial score (nSPS) is 12.6. The van der Waals surface area contributed by atoms with E-state index in [1.54, 1.807) is 6.92 Å². The predicted octanol–water partition coefficient (Wildman–Crippen LogP) is 38.8. The maximum absolute atomic E-state index is 11.3. The molecule has 794 valence electrons. The Labute approximate surface area is 875 Å². The molecule has 1 saturated carbocycles.